The first kappa shape index (κ1) is 17.7. The van der Waals surface area contributed by atoms with Crippen LogP contribution in [0, 0.1) is 17.1 Å². The predicted octanol–water partition coefficient (Wildman–Crippen LogP) is 4.63. The number of anilines is 2. The van der Waals surface area contributed by atoms with Gasteiger partial charge in [-0.3, -0.25) is 0 Å². The van der Waals surface area contributed by atoms with Gasteiger partial charge in [0.2, 0.25) is 0 Å². The molecule has 5 nitrogen and oxygen atoms in total. The number of ether oxygens (including phenoxy) is 1. The molecule has 0 fully saturated rings. The molecule has 0 unspecified atom stereocenters. The minimum Gasteiger partial charge on any atom is -0.497 e. The minimum absolute atomic E-state index is 0.297. The van der Waals surface area contributed by atoms with Crippen molar-refractivity contribution >= 4 is 23.3 Å². The lowest BCUT2D eigenvalue weighted by Gasteiger charge is -2.12. The van der Waals surface area contributed by atoms with E-state index in [9.17, 15) is 9.65 Å². The number of thioether (sulfide) groups is 1. The summed E-state index contributed by atoms with van der Waals surface area (Å²) in [4.78, 5) is 8.86. The molecule has 0 spiro atoms. The van der Waals surface area contributed by atoms with Crippen molar-refractivity contribution in [1.82, 2.24) is 9.97 Å². The highest BCUT2D eigenvalue weighted by molar-refractivity contribution is 7.98. The van der Waals surface area contributed by atoms with Crippen molar-refractivity contribution in [3.63, 3.8) is 0 Å². The van der Waals surface area contributed by atoms with Gasteiger partial charge in [-0.15, -0.1) is 0 Å². The smallest absolute Gasteiger partial charge is 0.189 e. The third kappa shape index (κ3) is 3.76. The third-order valence-corrected chi connectivity index (χ3v) is 4.20. The highest BCUT2D eigenvalue weighted by atomic mass is 32.2. The van der Waals surface area contributed by atoms with Gasteiger partial charge < -0.3 is 10.1 Å². The Morgan fingerprint density at radius 2 is 1.77 bits per heavy atom. The molecule has 0 radical (unpaired) electrons. The standard InChI is InChI=1S/C19H15FN4OS/c1-25-15-9-7-14(8-10-15)22-18-16(11-21)17(23-19(24-18)26-2)12-3-5-13(20)6-4-12/h3-10H,1-2H3,(H,22,23,24). The van der Waals surface area contributed by atoms with Crippen LogP contribution in [0.3, 0.4) is 0 Å². The molecule has 0 aliphatic heterocycles. The number of nitrogens with zero attached hydrogens (tertiary/aromatic N) is 3. The molecule has 3 rings (SSSR count). The second-order valence-corrected chi connectivity index (χ2v) is 6.03. The Bertz CT molecular complexity index is 953. The third-order valence-electron chi connectivity index (χ3n) is 3.65. The molecule has 130 valence electrons. The lowest BCUT2D eigenvalue weighted by atomic mass is 10.1. The number of nitriles is 1. The van der Waals surface area contributed by atoms with E-state index in [0.29, 0.717) is 27.8 Å². The summed E-state index contributed by atoms with van der Waals surface area (Å²) in [7, 11) is 1.60. The topological polar surface area (TPSA) is 70.8 Å². The molecule has 2 aromatic carbocycles. The normalized spacial score (nSPS) is 10.2. The van der Waals surface area contributed by atoms with Crippen LogP contribution in [0.25, 0.3) is 11.3 Å². The zero-order valence-corrected chi connectivity index (χ0v) is 15.0. The van der Waals surface area contributed by atoms with Gasteiger partial charge in [-0.25, -0.2) is 14.4 Å². The molecule has 7 heteroatoms. The molecule has 1 N–H and O–H groups in total. The first-order chi connectivity index (χ1) is 12.6. The summed E-state index contributed by atoms with van der Waals surface area (Å²) >= 11 is 1.37. The minimum atomic E-state index is -0.344. The Kier molecular flexibility index (Phi) is 5.34. The lowest BCUT2D eigenvalue weighted by Crippen LogP contribution is -2.03. The first-order valence-electron chi connectivity index (χ1n) is 7.67. The van der Waals surface area contributed by atoms with Gasteiger partial charge in [-0.2, -0.15) is 5.26 Å². The van der Waals surface area contributed by atoms with E-state index >= 15 is 0 Å². The number of nitrogens with one attached hydrogen (secondary N) is 1. The molecule has 0 amide bonds. The number of hydrogen-bond donors (Lipinski definition) is 1. The van der Waals surface area contributed by atoms with Gasteiger partial charge in [0, 0.05) is 11.3 Å². The van der Waals surface area contributed by atoms with Gasteiger partial charge in [-0.05, 0) is 54.8 Å². The average molecular weight is 366 g/mol. The van der Waals surface area contributed by atoms with Crippen LogP contribution < -0.4 is 10.1 Å². The van der Waals surface area contributed by atoms with E-state index in [4.69, 9.17) is 4.74 Å². The lowest BCUT2D eigenvalue weighted by molar-refractivity contribution is 0.415. The van der Waals surface area contributed by atoms with Crippen LogP contribution in [0.15, 0.2) is 53.7 Å². The second-order valence-electron chi connectivity index (χ2n) is 5.25. The maximum absolute atomic E-state index is 13.2. The van der Waals surface area contributed by atoms with Crippen LogP contribution in [0.5, 0.6) is 5.75 Å². The van der Waals surface area contributed by atoms with Crippen LogP contribution >= 0.6 is 11.8 Å². The average Bonchev–Trinajstić information content (AvgIpc) is 2.68. The summed E-state index contributed by atoms with van der Waals surface area (Å²) in [6.45, 7) is 0. The Hall–Kier alpha value is -3.11. The number of hydrogen-bond acceptors (Lipinski definition) is 6. The SMILES string of the molecule is COc1ccc(Nc2nc(SC)nc(-c3ccc(F)cc3)c2C#N)cc1. The zero-order chi connectivity index (χ0) is 18.5. The Labute approximate surface area is 154 Å². The molecule has 0 bridgehead atoms. The molecule has 1 heterocycles. The summed E-state index contributed by atoms with van der Waals surface area (Å²) in [6.07, 6.45) is 1.85. The first-order valence-corrected chi connectivity index (χ1v) is 8.90. The van der Waals surface area contributed by atoms with E-state index in [1.165, 1.54) is 23.9 Å². The van der Waals surface area contributed by atoms with E-state index in [1.54, 1.807) is 19.2 Å². The maximum Gasteiger partial charge on any atom is 0.189 e. The van der Waals surface area contributed by atoms with E-state index in [-0.39, 0.29) is 5.82 Å². The van der Waals surface area contributed by atoms with E-state index < -0.39 is 0 Å². The number of methoxy groups -OCH3 is 1. The molecule has 0 saturated heterocycles. The number of benzene rings is 2. The summed E-state index contributed by atoms with van der Waals surface area (Å²) in [5, 5.41) is 13.3. The summed E-state index contributed by atoms with van der Waals surface area (Å²) in [5.41, 5.74) is 2.17. The van der Waals surface area contributed by atoms with Crippen molar-refractivity contribution in [3.05, 3.63) is 59.9 Å². The number of halogens is 1. The van der Waals surface area contributed by atoms with Gasteiger partial charge >= 0.3 is 0 Å². The van der Waals surface area contributed by atoms with E-state index in [1.807, 2.05) is 30.5 Å². The van der Waals surface area contributed by atoms with Crippen molar-refractivity contribution < 1.29 is 9.13 Å². The zero-order valence-electron chi connectivity index (χ0n) is 14.2. The van der Waals surface area contributed by atoms with Crippen molar-refractivity contribution in [2.75, 3.05) is 18.7 Å². The Morgan fingerprint density at radius 1 is 1.08 bits per heavy atom. The van der Waals surface area contributed by atoms with Gasteiger partial charge in [0.05, 0.1) is 12.8 Å². The van der Waals surface area contributed by atoms with E-state index in [2.05, 4.69) is 21.4 Å². The van der Waals surface area contributed by atoms with Gasteiger partial charge in [-0.1, -0.05) is 11.8 Å². The quantitative estimate of drug-likeness (QED) is 0.524. The second kappa shape index (κ2) is 7.85. The monoisotopic (exact) mass is 366 g/mol. The fourth-order valence-electron chi connectivity index (χ4n) is 2.36. The van der Waals surface area contributed by atoms with Gasteiger partial charge in [0.1, 0.15) is 23.2 Å². The molecule has 1 aromatic heterocycles. The summed E-state index contributed by atoms with van der Waals surface area (Å²) in [6, 6.07) is 15.3. The van der Waals surface area contributed by atoms with Crippen molar-refractivity contribution in [2.45, 2.75) is 5.16 Å². The van der Waals surface area contributed by atoms with Crippen molar-refractivity contribution in [1.29, 1.82) is 5.26 Å². The molecule has 26 heavy (non-hydrogen) atoms. The van der Waals surface area contributed by atoms with Crippen molar-refractivity contribution in [3.8, 4) is 23.1 Å². The Morgan fingerprint density at radius 3 is 2.35 bits per heavy atom. The largest absolute Gasteiger partial charge is 0.497 e. The fourth-order valence-corrected chi connectivity index (χ4v) is 2.72. The summed E-state index contributed by atoms with van der Waals surface area (Å²) in [5.74, 6) is 0.787. The molecule has 0 aliphatic carbocycles. The highest BCUT2D eigenvalue weighted by Crippen LogP contribution is 2.30. The molecule has 0 aliphatic rings. The van der Waals surface area contributed by atoms with Gasteiger partial charge in [0.25, 0.3) is 0 Å². The van der Waals surface area contributed by atoms with Gasteiger partial charge in [0.15, 0.2) is 11.0 Å². The van der Waals surface area contributed by atoms with Crippen molar-refractivity contribution in [2.24, 2.45) is 0 Å². The Balaban J connectivity index is 2.07. The predicted molar refractivity (Wildman–Crippen MR) is 100 cm³/mol. The van der Waals surface area contributed by atoms with Crippen LogP contribution in [0.1, 0.15) is 5.56 Å². The number of aromatic nitrogens is 2. The number of rotatable bonds is 5. The molecular formula is C19H15FN4OS. The molecule has 3 aromatic rings. The fraction of sp³-hybridized carbons (Fsp3) is 0.105. The molecule has 0 saturated carbocycles. The molecule has 0 atom stereocenters. The van der Waals surface area contributed by atoms with Crippen LogP contribution in [0.4, 0.5) is 15.9 Å². The highest BCUT2D eigenvalue weighted by Gasteiger charge is 2.16. The van der Waals surface area contributed by atoms with Crippen LogP contribution in [-0.4, -0.2) is 23.3 Å². The summed E-state index contributed by atoms with van der Waals surface area (Å²) < 4.78 is 18.4. The maximum atomic E-state index is 13.2. The van der Waals surface area contributed by atoms with Crippen LogP contribution in [-0.2, 0) is 0 Å². The molecular weight excluding hydrogens is 351 g/mol. The van der Waals surface area contributed by atoms with Crippen LogP contribution in [0.2, 0.25) is 0 Å². The van der Waals surface area contributed by atoms with E-state index in [0.717, 1.165) is 11.4 Å².